The molecule has 3 aromatic rings. The number of hydrogen-bond acceptors (Lipinski definition) is 4. The third-order valence-corrected chi connectivity index (χ3v) is 5.26. The fourth-order valence-corrected chi connectivity index (χ4v) is 3.72. The first-order valence-electron chi connectivity index (χ1n) is 9.77. The Labute approximate surface area is 179 Å². The lowest BCUT2D eigenvalue weighted by Crippen LogP contribution is -2.53. The van der Waals surface area contributed by atoms with Crippen LogP contribution in [0.15, 0.2) is 66.2 Å². The van der Waals surface area contributed by atoms with Crippen molar-refractivity contribution in [2.45, 2.75) is 20.4 Å². The van der Waals surface area contributed by atoms with E-state index in [1.165, 1.54) is 6.08 Å². The lowest BCUT2D eigenvalue weighted by molar-refractivity contribution is -0.130. The molecule has 0 bridgehead atoms. The highest BCUT2D eigenvalue weighted by molar-refractivity contribution is 6.31. The van der Waals surface area contributed by atoms with Crippen molar-refractivity contribution in [3.8, 4) is 11.4 Å². The van der Waals surface area contributed by atoms with E-state index >= 15 is 0 Å². The molecule has 4 rings (SSSR count). The summed E-state index contributed by atoms with van der Waals surface area (Å²) in [6.45, 7) is 3.77. The monoisotopic (exact) mass is 415 g/mol. The Bertz CT molecular complexity index is 1220. The Kier molecular flexibility index (Phi) is 5.17. The number of barbiturate groups is 1. The number of carbonyl (C=O) groups excluding carboxylic acids is 3. The van der Waals surface area contributed by atoms with E-state index in [1.807, 2.05) is 48.7 Å². The molecule has 2 N–H and O–H groups in total. The molecule has 0 radical (unpaired) electrons. The third kappa shape index (κ3) is 3.73. The number of nitrogens with zero attached hydrogens (tertiary/aromatic N) is 2. The van der Waals surface area contributed by atoms with E-state index in [0.29, 0.717) is 11.3 Å². The minimum absolute atomic E-state index is 0.0625. The van der Waals surface area contributed by atoms with Gasteiger partial charge in [-0.2, -0.15) is 0 Å². The van der Waals surface area contributed by atoms with Crippen molar-refractivity contribution in [3.63, 3.8) is 0 Å². The molecule has 0 saturated carbocycles. The van der Waals surface area contributed by atoms with E-state index in [4.69, 9.17) is 0 Å². The average Bonchev–Trinajstić information content (AvgIpc) is 3.02. The Morgan fingerprint density at radius 1 is 0.968 bits per heavy atom. The van der Waals surface area contributed by atoms with Crippen LogP contribution in [0.1, 0.15) is 22.5 Å². The normalized spacial score (nSPS) is 15.5. The number of aryl methyl sites for hydroxylation is 1. The maximum atomic E-state index is 13.0. The standard InChI is InChI=1S/C24H21N3O4/c1-15-12-18(16(2)27(15)20-10-6-7-11-21(20)28)13-19-22(29)25-24(31)26(23(19)30)14-17-8-4-3-5-9-17/h3-13,28H,14H2,1-2H3,(H,25,29,31)/b19-13-. The summed E-state index contributed by atoms with van der Waals surface area (Å²) in [6.07, 6.45) is 1.49. The molecule has 2 heterocycles. The topological polar surface area (TPSA) is 91.6 Å². The molecule has 0 unspecified atom stereocenters. The predicted molar refractivity (Wildman–Crippen MR) is 115 cm³/mol. The van der Waals surface area contributed by atoms with Gasteiger partial charge in [0.25, 0.3) is 11.8 Å². The zero-order valence-electron chi connectivity index (χ0n) is 17.1. The van der Waals surface area contributed by atoms with Crippen molar-refractivity contribution < 1.29 is 19.5 Å². The number of para-hydroxylation sites is 2. The second-order valence-electron chi connectivity index (χ2n) is 7.34. The second-order valence-corrected chi connectivity index (χ2v) is 7.34. The Morgan fingerprint density at radius 3 is 2.35 bits per heavy atom. The van der Waals surface area contributed by atoms with E-state index in [9.17, 15) is 19.5 Å². The number of amides is 4. The summed E-state index contributed by atoms with van der Waals surface area (Å²) in [5.74, 6) is -1.26. The molecule has 0 atom stereocenters. The van der Waals surface area contributed by atoms with Crippen LogP contribution >= 0.6 is 0 Å². The molecule has 7 heteroatoms. The van der Waals surface area contributed by atoms with Crippen molar-refractivity contribution in [2.75, 3.05) is 0 Å². The summed E-state index contributed by atoms with van der Waals surface area (Å²) in [6, 6.07) is 17.1. The van der Waals surface area contributed by atoms with E-state index in [-0.39, 0.29) is 17.9 Å². The number of aromatic hydroxyl groups is 1. The van der Waals surface area contributed by atoms with E-state index < -0.39 is 17.8 Å². The van der Waals surface area contributed by atoms with Gasteiger partial charge in [-0.05, 0) is 49.2 Å². The van der Waals surface area contributed by atoms with Gasteiger partial charge in [-0.15, -0.1) is 0 Å². The molecule has 7 nitrogen and oxygen atoms in total. The highest BCUT2D eigenvalue weighted by Gasteiger charge is 2.36. The first-order chi connectivity index (χ1) is 14.9. The second kappa shape index (κ2) is 7.95. The number of phenolic OH excluding ortho intramolecular Hbond substituents is 1. The predicted octanol–water partition coefficient (Wildman–Crippen LogP) is 3.46. The summed E-state index contributed by atoms with van der Waals surface area (Å²) in [5, 5.41) is 12.5. The smallest absolute Gasteiger partial charge is 0.331 e. The minimum atomic E-state index is -0.740. The lowest BCUT2D eigenvalue weighted by Gasteiger charge is -2.26. The lowest BCUT2D eigenvalue weighted by atomic mass is 10.1. The molecule has 0 aliphatic carbocycles. The van der Waals surface area contributed by atoms with E-state index in [0.717, 1.165) is 21.9 Å². The molecule has 1 aliphatic rings. The molecule has 31 heavy (non-hydrogen) atoms. The average molecular weight is 415 g/mol. The number of rotatable bonds is 4. The summed E-state index contributed by atoms with van der Waals surface area (Å²) in [7, 11) is 0. The van der Waals surface area contributed by atoms with Crippen LogP contribution in [0.3, 0.4) is 0 Å². The SMILES string of the molecule is Cc1cc(/C=C2/C(=O)NC(=O)N(Cc3ccccc3)C2=O)c(C)n1-c1ccccc1O. The number of carbonyl (C=O) groups is 3. The fraction of sp³-hybridized carbons (Fsp3) is 0.125. The first-order valence-corrected chi connectivity index (χ1v) is 9.77. The Hall–Kier alpha value is -4.13. The van der Waals surface area contributed by atoms with Crippen LogP contribution in [0.4, 0.5) is 4.79 Å². The van der Waals surface area contributed by atoms with Gasteiger partial charge >= 0.3 is 6.03 Å². The maximum absolute atomic E-state index is 13.0. The van der Waals surface area contributed by atoms with Gasteiger partial charge in [0.1, 0.15) is 11.3 Å². The van der Waals surface area contributed by atoms with Crippen molar-refractivity contribution >= 4 is 23.9 Å². The van der Waals surface area contributed by atoms with E-state index in [2.05, 4.69) is 5.32 Å². The van der Waals surface area contributed by atoms with E-state index in [1.54, 1.807) is 30.3 Å². The quantitative estimate of drug-likeness (QED) is 0.504. The highest BCUT2D eigenvalue weighted by atomic mass is 16.3. The molecule has 1 aromatic heterocycles. The molecular weight excluding hydrogens is 394 g/mol. The maximum Gasteiger partial charge on any atom is 0.331 e. The van der Waals surface area contributed by atoms with Gasteiger partial charge in [-0.1, -0.05) is 42.5 Å². The van der Waals surface area contributed by atoms with Crippen LogP contribution in [0, 0.1) is 13.8 Å². The van der Waals surface area contributed by atoms with Crippen molar-refractivity contribution in [3.05, 3.63) is 88.8 Å². The largest absolute Gasteiger partial charge is 0.506 e. The number of aromatic nitrogens is 1. The third-order valence-electron chi connectivity index (χ3n) is 5.26. The van der Waals surface area contributed by atoms with Gasteiger partial charge in [0.05, 0.1) is 12.2 Å². The molecule has 1 fully saturated rings. The molecule has 4 amide bonds. The number of nitrogens with one attached hydrogen (secondary N) is 1. The number of imide groups is 2. The van der Waals surface area contributed by atoms with Crippen LogP contribution in [0.2, 0.25) is 0 Å². The summed E-state index contributed by atoms with van der Waals surface area (Å²) < 4.78 is 1.85. The minimum Gasteiger partial charge on any atom is -0.506 e. The first kappa shape index (κ1) is 20.2. The van der Waals surface area contributed by atoms with Crippen LogP contribution in [-0.4, -0.2) is 32.4 Å². The van der Waals surface area contributed by atoms with Gasteiger partial charge in [-0.3, -0.25) is 19.8 Å². The van der Waals surface area contributed by atoms with Gasteiger partial charge < -0.3 is 9.67 Å². The van der Waals surface area contributed by atoms with Crippen molar-refractivity contribution in [1.82, 2.24) is 14.8 Å². The van der Waals surface area contributed by atoms with Crippen LogP contribution in [0.25, 0.3) is 11.8 Å². The Balaban J connectivity index is 1.72. The van der Waals surface area contributed by atoms with Crippen molar-refractivity contribution in [1.29, 1.82) is 0 Å². The van der Waals surface area contributed by atoms with Gasteiger partial charge in [0.15, 0.2) is 0 Å². The zero-order valence-corrected chi connectivity index (χ0v) is 17.1. The highest BCUT2D eigenvalue weighted by Crippen LogP contribution is 2.28. The molecular formula is C24H21N3O4. The molecule has 0 spiro atoms. The number of urea groups is 1. The summed E-state index contributed by atoms with van der Waals surface area (Å²) in [4.78, 5) is 38.8. The van der Waals surface area contributed by atoms with Gasteiger partial charge in [0, 0.05) is 11.4 Å². The van der Waals surface area contributed by atoms with Crippen molar-refractivity contribution in [2.24, 2.45) is 0 Å². The molecule has 2 aromatic carbocycles. The van der Waals surface area contributed by atoms with Gasteiger partial charge in [0.2, 0.25) is 0 Å². The summed E-state index contributed by atoms with van der Waals surface area (Å²) >= 11 is 0. The number of phenols is 1. The molecule has 156 valence electrons. The van der Waals surface area contributed by atoms with Crippen LogP contribution in [0.5, 0.6) is 5.75 Å². The zero-order chi connectivity index (χ0) is 22.1. The number of hydrogen-bond donors (Lipinski definition) is 2. The summed E-state index contributed by atoms with van der Waals surface area (Å²) in [5.41, 5.74) is 3.48. The van der Waals surface area contributed by atoms with Crippen LogP contribution in [-0.2, 0) is 16.1 Å². The van der Waals surface area contributed by atoms with Crippen LogP contribution < -0.4 is 5.32 Å². The fourth-order valence-electron chi connectivity index (χ4n) is 3.72. The molecule has 1 saturated heterocycles. The molecule has 1 aliphatic heterocycles. The van der Waals surface area contributed by atoms with Gasteiger partial charge in [-0.25, -0.2) is 4.79 Å². The number of benzene rings is 2. The Morgan fingerprint density at radius 2 is 1.65 bits per heavy atom.